The Kier molecular flexibility index (Phi) is 4.62. The predicted molar refractivity (Wildman–Crippen MR) is 80.7 cm³/mol. The third kappa shape index (κ3) is 3.36. The molecule has 6 heteroatoms. The van der Waals surface area contributed by atoms with Crippen molar-refractivity contribution in [1.29, 1.82) is 0 Å². The van der Waals surface area contributed by atoms with Crippen LogP contribution in [0, 0.1) is 5.92 Å². The first-order chi connectivity index (χ1) is 8.99. The molecule has 1 aromatic rings. The number of aromatic nitrogens is 2. The van der Waals surface area contributed by atoms with Crippen molar-refractivity contribution in [3.8, 4) is 0 Å². The van der Waals surface area contributed by atoms with E-state index < -0.39 is 0 Å². The van der Waals surface area contributed by atoms with Crippen LogP contribution in [0.5, 0.6) is 0 Å². The van der Waals surface area contributed by atoms with Crippen LogP contribution in [-0.4, -0.2) is 41.4 Å². The molecule has 0 aromatic carbocycles. The monoisotopic (exact) mass is 328 g/mol. The molecule has 1 N–H and O–H groups in total. The average molecular weight is 329 g/mol. The summed E-state index contributed by atoms with van der Waals surface area (Å²) in [7, 11) is 2.14. The van der Waals surface area contributed by atoms with E-state index in [0.717, 1.165) is 25.3 Å². The van der Waals surface area contributed by atoms with Crippen molar-refractivity contribution in [3.05, 3.63) is 21.0 Å². The first-order valence-electron chi connectivity index (χ1n) is 6.68. The number of rotatable bonds is 4. The third-order valence-corrected chi connectivity index (χ3v) is 4.27. The van der Waals surface area contributed by atoms with E-state index in [1.165, 1.54) is 11.1 Å². The molecule has 1 saturated heterocycles. The van der Waals surface area contributed by atoms with Crippen LogP contribution in [-0.2, 0) is 0 Å². The quantitative estimate of drug-likeness (QED) is 0.917. The second kappa shape index (κ2) is 6.05. The molecule has 1 atom stereocenters. The van der Waals surface area contributed by atoms with Gasteiger partial charge >= 0.3 is 0 Å². The molecule has 1 aliphatic rings. The van der Waals surface area contributed by atoms with Gasteiger partial charge in [-0.25, -0.2) is 4.68 Å². The highest BCUT2D eigenvalue weighted by molar-refractivity contribution is 9.10. The molecular weight excluding hydrogens is 308 g/mol. The Morgan fingerprint density at radius 2 is 2.32 bits per heavy atom. The van der Waals surface area contributed by atoms with Gasteiger partial charge in [-0.2, -0.15) is 5.10 Å². The Balaban J connectivity index is 2.05. The van der Waals surface area contributed by atoms with Crippen molar-refractivity contribution in [1.82, 2.24) is 14.7 Å². The van der Waals surface area contributed by atoms with Crippen LogP contribution in [0.4, 0.5) is 5.69 Å². The Bertz CT molecular complexity index is 500. The summed E-state index contributed by atoms with van der Waals surface area (Å²) in [6.45, 7) is 7.04. The first kappa shape index (κ1) is 14.5. The van der Waals surface area contributed by atoms with Gasteiger partial charge in [0.1, 0.15) is 4.47 Å². The molecule has 0 bridgehead atoms. The maximum Gasteiger partial charge on any atom is 0.283 e. The molecule has 2 rings (SSSR count). The van der Waals surface area contributed by atoms with Gasteiger partial charge in [-0.3, -0.25) is 4.79 Å². The normalized spacial score (nSPS) is 20.2. The average Bonchev–Trinajstić information content (AvgIpc) is 2.76. The first-order valence-corrected chi connectivity index (χ1v) is 7.48. The topological polar surface area (TPSA) is 50.2 Å². The molecule has 19 heavy (non-hydrogen) atoms. The molecule has 0 spiro atoms. The van der Waals surface area contributed by atoms with Gasteiger partial charge in [-0.05, 0) is 55.7 Å². The summed E-state index contributed by atoms with van der Waals surface area (Å²) < 4.78 is 2.06. The Morgan fingerprint density at radius 1 is 1.58 bits per heavy atom. The summed E-state index contributed by atoms with van der Waals surface area (Å²) in [5, 5.41) is 7.53. The highest BCUT2D eigenvalue weighted by atomic mass is 79.9. The minimum Gasteiger partial charge on any atom is -0.382 e. The van der Waals surface area contributed by atoms with Crippen molar-refractivity contribution in [2.45, 2.75) is 26.3 Å². The van der Waals surface area contributed by atoms with E-state index in [9.17, 15) is 4.79 Å². The molecule has 2 heterocycles. The van der Waals surface area contributed by atoms with Crippen LogP contribution in [0.3, 0.4) is 0 Å². The van der Waals surface area contributed by atoms with Gasteiger partial charge in [0.25, 0.3) is 5.56 Å². The van der Waals surface area contributed by atoms with E-state index >= 15 is 0 Å². The van der Waals surface area contributed by atoms with Crippen molar-refractivity contribution in [2.24, 2.45) is 5.92 Å². The summed E-state index contributed by atoms with van der Waals surface area (Å²) in [5.41, 5.74) is 0.708. The van der Waals surface area contributed by atoms with Gasteiger partial charge in [0.05, 0.1) is 17.9 Å². The van der Waals surface area contributed by atoms with E-state index in [1.54, 1.807) is 6.20 Å². The number of nitrogens with one attached hydrogen (secondary N) is 1. The largest absolute Gasteiger partial charge is 0.382 e. The molecule has 0 saturated carbocycles. The minimum atomic E-state index is -0.0801. The fourth-order valence-electron chi connectivity index (χ4n) is 2.38. The maximum atomic E-state index is 12.1. The number of hydrogen-bond acceptors (Lipinski definition) is 4. The smallest absolute Gasteiger partial charge is 0.283 e. The fraction of sp³-hybridized carbons (Fsp3) is 0.692. The van der Waals surface area contributed by atoms with Gasteiger partial charge in [0.15, 0.2) is 0 Å². The predicted octanol–water partition coefficient (Wildman–Crippen LogP) is 1.95. The molecular formula is C13H21BrN4O. The number of anilines is 1. The minimum absolute atomic E-state index is 0.0707. The van der Waals surface area contributed by atoms with Crippen LogP contribution < -0.4 is 10.9 Å². The van der Waals surface area contributed by atoms with Gasteiger partial charge in [0, 0.05) is 13.1 Å². The summed E-state index contributed by atoms with van der Waals surface area (Å²) >= 11 is 3.37. The zero-order valence-electron chi connectivity index (χ0n) is 11.7. The lowest BCUT2D eigenvalue weighted by molar-refractivity contribution is 0.399. The Morgan fingerprint density at radius 3 is 2.89 bits per heavy atom. The van der Waals surface area contributed by atoms with Crippen LogP contribution in [0.25, 0.3) is 0 Å². The van der Waals surface area contributed by atoms with E-state index in [1.807, 2.05) is 13.8 Å². The molecule has 1 aliphatic heterocycles. The zero-order chi connectivity index (χ0) is 14.0. The lowest BCUT2D eigenvalue weighted by atomic mass is 10.1. The molecule has 0 amide bonds. The zero-order valence-corrected chi connectivity index (χ0v) is 13.3. The van der Waals surface area contributed by atoms with Crippen LogP contribution in [0.2, 0.25) is 0 Å². The van der Waals surface area contributed by atoms with E-state index in [-0.39, 0.29) is 11.6 Å². The second-order valence-electron chi connectivity index (χ2n) is 5.51. The number of halogens is 1. The number of likely N-dealkylation sites (tertiary alicyclic amines) is 1. The number of nitrogens with zero attached hydrogens (tertiary/aromatic N) is 3. The van der Waals surface area contributed by atoms with Crippen molar-refractivity contribution >= 4 is 21.6 Å². The van der Waals surface area contributed by atoms with Gasteiger partial charge in [-0.1, -0.05) is 0 Å². The van der Waals surface area contributed by atoms with E-state index in [2.05, 4.69) is 38.3 Å². The van der Waals surface area contributed by atoms with Gasteiger partial charge in [0.2, 0.25) is 0 Å². The van der Waals surface area contributed by atoms with Crippen LogP contribution in [0.15, 0.2) is 15.5 Å². The molecule has 5 nitrogen and oxygen atoms in total. The highest BCUT2D eigenvalue weighted by Gasteiger charge is 2.19. The Labute approximate surface area is 122 Å². The summed E-state index contributed by atoms with van der Waals surface area (Å²) in [6.07, 6.45) is 2.93. The third-order valence-electron chi connectivity index (χ3n) is 3.50. The second-order valence-corrected chi connectivity index (χ2v) is 6.31. The number of hydrogen-bond donors (Lipinski definition) is 1. The maximum absolute atomic E-state index is 12.1. The van der Waals surface area contributed by atoms with Crippen molar-refractivity contribution in [2.75, 3.05) is 32.0 Å². The SMILES string of the molecule is CC(C)n1ncc(NCC2CCN(C)C2)c(Br)c1=O. The van der Waals surface area contributed by atoms with Crippen LogP contribution >= 0.6 is 15.9 Å². The lowest BCUT2D eigenvalue weighted by Gasteiger charge is -2.15. The molecule has 106 valence electrons. The molecule has 1 unspecified atom stereocenters. The Hall–Kier alpha value is -0.880. The lowest BCUT2D eigenvalue weighted by Crippen LogP contribution is -2.27. The van der Waals surface area contributed by atoms with E-state index in [4.69, 9.17) is 0 Å². The molecule has 0 radical (unpaired) electrons. The van der Waals surface area contributed by atoms with Crippen LogP contribution in [0.1, 0.15) is 26.3 Å². The highest BCUT2D eigenvalue weighted by Crippen LogP contribution is 2.20. The molecule has 0 aliphatic carbocycles. The summed E-state index contributed by atoms with van der Waals surface area (Å²) in [5.74, 6) is 0.643. The fourth-order valence-corrected chi connectivity index (χ4v) is 2.81. The van der Waals surface area contributed by atoms with Crippen molar-refractivity contribution in [3.63, 3.8) is 0 Å². The van der Waals surface area contributed by atoms with Crippen molar-refractivity contribution < 1.29 is 0 Å². The summed E-state index contributed by atoms with van der Waals surface area (Å²) in [4.78, 5) is 14.4. The standard InChI is InChI=1S/C13H21BrN4O/c1-9(2)18-13(19)12(14)11(7-16-18)15-6-10-4-5-17(3)8-10/h7,9-10,15H,4-6,8H2,1-3H3. The molecule has 1 aromatic heterocycles. The summed E-state index contributed by atoms with van der Waals surface area (Å²) in [6, 6.07) is 0.0707. The van der Waals surface area contributed by atoms with E-state index in [0.29, 0.717) is 10.4 Å². The molecule has 1 fully saturated rings. The van der Waals surface area contributed by atoms with Gasteiger partial charge in [-0.15, -0.1) is 0 Å². The van der Waals surface area contributed by atoms with Gasteiger partial charge < -0.3 is 10.2 Å².